The predicted octanol–water partition coefficient (Wildman–Crippen LogP) is 2.97. The number of rotatable bonds is 4. The molecule has 1 N–H and O–H groups in total. The normalized spacial score (nSPS) is 14.2. The fraction of sp³-hybridized carbons (Fsp3) is 0.500. The molecule has 142 valence electrons. The van der Waals surface area contributed by atoms with E-state index in [0.29, 0.717) is 13.1 Å². The second-order valence-electron chi connectivity index (χ2n) is 6.38. The summed E-state index contributed by atoms with van der Waals surface area (Å²) < 4.78 is 15.3. The number of guanidine groups is 1. The third-order valence-corrected chi connectivity index (χ3v) is 4.50. The molecule has 26 heavy (non-hydrogen) atoms. The first-order chi connectivity index (χ1) is 12.2. The first kappa shape index (κ1) is 20.6. The van der Waals surface area contributed by atoms with Crippen LogP contribution in [0.5, 0.6) is 0 Å². The van der Waals surface area contributed by atoms with Gasteiger partial charge in [-0.25, -0.2) is 4.39 Å². The Bertz CT molecular complexity index is 728. The van der Waals surface area contributed by atoms with E-state index in [0.717, 1.165) is 36.1 Å². The summed E-state index contributed by atoms with van der Waals surface area (Å²) in [5, 5.41) is 12.0. The van der Waals surface area contributed by atoms with Crippen LogP contribution in [0, 0.1) is 5.82 Å². The SMILES string of the molecule is CN=C(NCc1nnc2n1CCCCC2)N(C)Cc1ccc(F)cc1.I. The van der Waals surface area contributed by atoms with Gasteiger partial charge in [-0.05, 0) is 30.5 Å². The molecule has 6 nitrogen and oxygen atoms in total. The van der Waals surface area contributed by atoms with Crippen molar-refractivity contribution in [2.75, 3.05) is 14.1 Å². The van der Waals surface area contributed by atoms with Crippen molar-refractivity contribution in [2.24, 2.45) is 4.99 Å². The van der Waals surface area contributed by atoms with Gasteiger partial charge in [0.25, 0.3) is 0 Å². The standard InChI is InChI=1S/C18H25FN6.HI/c1-20-18(24(2)13-14-7-9-15(19)10-8-14)21-12-17-23-22-16-6-4-3-5-11-25(16)17;/h7-10H,3-6,11-13H2,1-2H3,(H,20,21);1H. The number of halogens is 2. The summed E-state index contributed by atoms with van der Waals surface area (Å²) in [7, 11) is 3.72. The summed E-state index contributed by atoms with van der Waals surface area (Å²) in [6.45, 7) is 2.23. The molecule has 0 radical (unpaired) electrons. The minimum atomic E-state index is -0.221. The van der Waals surface area contributed by atoms with Crippen LogP contribution in [-0.4, -0.2) is 39.7 Å². The van der Waals surface area contributed by atoms with E-state index < -0.39 is 0 Å². The van der Waals surface area contributed by atoms with Crippen molar-refractivity contribution in [1.29, 1.82) is 0 Å². The molecule has 2 heterocycles. The number of hydrogen-bond acceptors (Lipinski definition) is 3. The molecular weight excluding hydrogens is 446 g/mol. The summed E-state index contributed by atoms with van der Waals surface area (Å²) in [6.07, 6.45) is 4.62. The fourth-order valence-corrected chi connectivity index (χ4v) is 3.16. The van der Waals surface area contributed by atoms with Crippen molar-refractivity contribution in [3.8, 4) is 0 Å². The Morgan fingerprint density at radius 1 is 1.23 bits per heavy atom. The molecule has 0 fully saturated rings. The molecule has 0 amide bonds. The average molecular weight is 472 g/mol. The van der Waals surface area contributed by atoms with Gasteiger partial charge in [0.1, 0.15) is 11.6 Å². The van der Waals surface area contributed by atoms with Gasteiger partial charge >= 0.3 is 0 Å². The smallest absolute Gasteiger partial charge is 0.194 e. The molecule has 0 saturated carbocycles. The van der Waals surface area contributed by atoms with Crippen LogP contribution in [0.4, 0.5) is 4.39 Å². The maximum atomic E-state index is 13.0. The second kappa shape index (κ2) is 9.84. The molecule has 2 aromatic rings. The highest BCUT2D eigenvalue weighted by Gasteiger charge is 2.15. The first-order valence-corrected chi connectivity index (χ1v) is 8.74. The van der Waals surface area contributed by atoms with E-state index in [1.165, 1.54) is 31.4 Å². The average Bonchev–Trinajstić information content (AvgIpc) is 2.84. The number of benzene rings is 1. The zero-order chi connectivity index (χ0) is 17.6. The third kappa shape index (κ3) is 5.15. The van der Waals surface area contributed by atoms with E-state index in [9.17, 15) is 4.39 Å². The summed E-state index contributed by atoms with van der Waals surface area (Å²) >= 11 is 0. The van der Waals surface area contributed by atoms with Crippen molar-refractivity contribution in [3.63, 3.8) is 0 Å². The number of aliphatic imine (C=N–C) groups is 1. The van der Waals surface area contributed by atoms with Crippen LogP contribution in [0.25, 0.3) is 0 Å². The molecule has 0 aliphatic carbocycles. The van der Waals surface area contributed by atoms with E-state index in [-0.39, 0.29) is 29.8 Å². The van der Waals surface area contributed by atoms with Crippen LogP contribution in [0.1, 0.15) is 36.5 Å². The lowest BCUT2D eigenvalue weighted by molar-refractivity contribution is 0.472. The Labute approximate surface area is 170 Å². The topological polar surface area (TPSA) is 58.3 Å². The third-order valence-electron chi connectivity index (χ3n) is 4.50. The molecule has 0 saturated heterocycles. The molecule has 1 aliphatic rings. The van der Waals surface area contributed by atoms with Gasteiger partial charge < -0.3 is 14.8 Å². The lowest BCUT2D eigenvalue weighted by Crippen LogP contribution is -2.38. The summed E-state index contributed by atoms with van der Waals surface area (Å²) in [5.74, 6) is 2.59. The van der Waals surface area contributed by atoms with Crippen LogP contribution < -0.4 is 5.32 Å². The summed E-state index contributed by atoms with van der Waals surface area (Å²) in [4.78, 5) is 6.34. The Balaban J connectivity index is 0.00000243. The molecule has 1 aromatic heterocycles. The highest BCUT2D eigenvalue weighted by Crippen LogP contribution is 2.14. The minimum absolute atomic E-state index is 0. The van der Waals surface area contributed by atoms with Crippen LogP contribution >= 0.6 is 24.0 Å². The monoisotopic (exact) mass is 472 g/mol. The van der Waals surface area contributed by atoms with Crippen molar-refractivity contribution >= 4 is 29.9 Å². The highest BCUT2D eigenvalue weighted by molar-refractivity contribution is 14.0. The molecule has 0 unspecified atom stereocenters. The van der Waals surface area contributed by atoms with E-state index in [2.05, 4.69) is 25.1 Å². The van der Waals surface area contributed by atoms with E-state index in [4.69, 9.17) is 0 Å². The Morgan fingerprint density at radius 2 is 2.00 bits per heavy atom. The summed E-state index contributed by atoms with van der Waals surface area (Å²) in [6, 6.07) is 6.53. The van der Waals surface area contributed by atoms with E-state index in [1.54, 1.807) is 19.2 Å². The molecule has 0 atom stereocenters. The molecule has 0 bridgehead atoms. The molecule has 1 aromatic carbocycles. The quantitative estimate of drug-likeness (QED) is 0.423. The van der Waals surface area contributed by atoms with Gasteiger partial charge in [-0.1, -0.05) is 18.6 Å². The maximum absolute atomic E-state index is 13.0. The first-order valence-electron chi connectivity index (χ1n) is 8.74. The fourth-order valence-electron chi connectivity index (χ4n) is 3.16. The van der Waals surface area contributed by atoms with Gasteiger partial charge in [0.15, 0.2) is 11.8 Å². The van der Waals surface area contributed by atoms with Crippen molar-refractivity contribution in [3.05, 3.63) is 47.3 Å². The van der Waals surface area contributed by atoms with Crippen LogP contribution in [0.2, 0.25) is 0 Å². The number of hydrogen-bond donors (Lipinski definition) is 1. The van der Waals surface area contributed by atoms with Crippen LogP contribution in [0.3, 0.4) is 0 Å². The predicted molar refractivity (Wildman–Crippen MR) is 111 cm³/mol. The number of aryl methyl sites for hydroxylation is 1. The number of nitrogens with one attached hydrogen (secondary N) is 1. The Kier molecular flexibility index (Phi) is 7.80. The molecular formula is C18H26FIN6. The van der Waals surface area contributed by atoms with Crippen LogP contribution in [0.15, 0.2) is 29.3 Å². The minimum Gasteiger partial charge on any atom is -0.349 e. The van der Waals surface area contributed by atoms with Gasteiger partial charge in [-0.2, -0.15) is 0 Å². The Morgan fingerprint density at radius 3 is 2.73 bits per heavy atom. The number of fused-ring (bicyclic) bond motifs is 1. The lowest BCUT2D eigenvalue weighted by Gasteiger charge is -2.22. The maximum Gasteiger partial charge on any atom is 0.194 e. The highest BCUT2D eigenvalue weighted by atomic mass is 127. The zero-order valence-electron chi connectivity index (χ0n) is 15.3. The summed E-state index contributed by atoms with van der Waals surface area (Å²) in [5.41, 5.74) is 1.03. The molecule has 3 rings (SSSR count). The molecule has 0 spiro atoms. The van der Waals surface area contributed by atoms with Gasteiger partial charge in [-0.3, -0.25) is 4.99 Å². The van der Waals surface area contributed by atoms with Crippen molar-refractivity contribution in [1.82, 2.24) is 25.0 Å². The van der Waals surface area contributed by atoms with E-state index >= 15 is 0 Å². The van der Waals surface area contributed by atoms with E-state index in [1.807, 2.05) is 11.9 Å². The number of aromatic nitrogens is 3. The molecule has 1 aliphatic heterocycles. The van der Waals surface area contributed by atoms with Gasteiger partial charge in [0.2, 0.25) is 0 Å². The zero-order valence-corrected chi connectivity index (χ0v) is 17.6. The van der Waals surface area contributed by atoms with Crippen molar-refractivity contribution in [2.45, 2.75) is 45.3 Å². The number of nitrogens with zero attached hydrogens (tertiary/aromatic N) is 5. The second-order valence-corrected chi connectivity index (χ2v) is 6.38. The van der Waals surface area contributed by atoms with Crippen molar-refractivity contribution < 1.29 is 4.39 Å². The largest absolute Gasteiger partial charge is 0.349 e. The Hall–Kier alpha value is -1.71. The lowest BCUT2D eigenvalue weighted by atomic mass is 10.2. The van der Waals surface area contributed by atoms with Gasteiger partial charge in [-0.15, -0.1) is 34.2 Å². The van der Waals surface area contributed by atoms with Crippen LogP contribution in [-0.2, 0) is 26.1 Å². The molecule has 8 heteroatoms. The van der Waals surface area contributed by atoms with Gasteiger partial charge in [0, 0.05) is 33.6 Å². The van der Waals surface area contributed by atoms with Gasteiger partial charge in [0.05, 0.1) is 6.54 Å².